The van der Waals surface area contributed by atoms with E-state index < -0.39 is 0 Å². The highest BCUT2D eigenvalue weighted by Crippen LogP contribution is 2.31. The largest absolute Gasteiger partial charge is 0.494 e. The maximum absolute atomic E-state index is 5.52. The average molecular weight is 276 g/mol. The van der Waals surface area contributed by atoms with Crippen molar-refractivity contribution >= 4 is 16.5 Å². The quantitative estimate of drug-likeness (QED) is 0.855. The monoisotopic (exact) mass is 276 g/mol. The van der Waals surface area contributed by atoms with Gasteiger partial charge >= 0.3 is 0 Å². The number of hydrogen-bond donors (Lipinski definition) is 1. The topological polar surface area (TPSA) is 34.1 Å². The first-order valence-electron chi connectivity index (χ1n) is 6.62. The van der Waals surface area contributed by atoms with Crippen molar-refractivity contribution in [2.45, 2.75) is 20.8 Å². The molecule has 0 amide bonds. The molecule has 1 heterocycles. The van der Waals surface area contributed by atoms with Gasteiger partial charge < -0.3 is 10.1 Å². The van der Waals surface area contributed by atoms with E-state index in [1.165, 1.54) is 0 Å². The van der Waals surface area contributed by atoms with Crippen molar-refractivity contribution in [3.63, 3.8) is 0 Å². The summed E-state index contributed by atoms with van der Waals surface area (Å²) in [6.07, 6.45) is 1.92. The van der Waals surface area contributed by atoms with E-state index in [0.29, 0.717) is 12.5 Å². The predicted molar refractivity (Wildman–Crippen MR) is 82.0 cm³/mol. The van der Waals surface area contributed by atoms with Crippen LogP contribution in [-0.4, -0.2) is 18.1 Å². The Kier molecular flexibility index (Phi) is 4.80. The third kappa shape index (κ3) is 3.96. The molecule has 0 saturated carbocycles. The molecule has 0 bridgehead atoms. The van der Waals surface area contributed by atoms with Crippen molar-refractivity contribution in [1.29, 1.82) is 0 Å². The number of benzene rings is 1. The molecule has 0 radical (unpaired) electrons. The molecule has 0 aliphatic heterocycles. The molecule has 0 aliphatic rings. The number of rotatable bonds is 6. The zero-order valence-corrected chi connectivity index (χ0v) is 12.5. The number of thiazole rings is 1. The summed E-state index contributed by atoms with van der Waals surface area (Å²) in [5, 5.41) is 4.33. The first-order chi connectivity index (χ1) is 9.19. The van der Waals surface area contributed by atoms with E-state index in [0.717, 1.165) is 27.9 Å². The summed E-state index contributed by atoms with van der Waals surface area (Å²) in [4.78, 5) is 5.57. The zero-order valence-electron chi connectivity index (χ0n) is 11.6. The molecule has 0 unspecified atom stereocenters. The van der Waals surface area contributed by atoms with Gasteiger partial charge in [0.05, 0.1) is 11.5 Å². The van der Waals surface area contributed by atoms with Crippen LogP contribution in [0.4, 0.5) is 5.13 Å². The highest BCUT2D eigenvalue weighted by atomic mass is 32.1. The molecule has 0 aliphatic carbocycles. The number of ether oxygens (including phenoxy) is 1. The maximum atomic E-state index is 5.52. The summed E-state index contributed by atoms with van der Waals surface area (Å²) >= 11 is 1.68. The average Bonchev–Trinajstić information content (AvgIpc) is 2.86. The molecular weight excluding hydrogens is 256 g/mol. The van der Waals surface area contributed by atoms with E-state index in [1.807, 2.05) is 25.3 Å². The van der Waals surface area contributed by atoms with Gasteiger partial charge in [0.1, 0.15) is 5.75 Å². The van der Waals surface area contributed by atoms with Gasteiger partial charge in [0.25, 0.3) is 0 Å². The first-order valence-corrected chi connectivity index (χ1v) is 7.43. The zero-order chi connectivity index (χ0) is 13.7. The van der Waals surface area contributed by atoms with Gasteiger partial charge in [-0.3, -0.25) is 0 Å². The molecule has 102 valence electrons. The molecule has 2 aromatic rings. The molecule has 4 heteroatoms. The van der Waals surface area contributed by atoms with Crippen molar-refractivity contribution in [3.05, 3.63) is 30.5 Å². The standard InChI is InChI=1S/C15H20N2OS/c1-4-18-13-7-5-6-12(8-13)14-10-17-15(19-14)16-9-11(2)3/h5-8,10-11H,4,9H2,1-3H3,(H,16,17). The Hall–Kier alpha value is -1.55. The lowest BCUT2D eigenvalue weighted by Gasteiger charge is -2.05. The number of aromatic nitrogens is 1. The highest BCUT2D eigenvalue weighted by molar-refractivity contribution is 7.18. The summed E-state index contributed by atoms with van der Waals surface area (Å²) in [7, 11) is 0. The van der Waals surface area contributed by atoms with Crippen LogP contribution < -0.4 is 10.1 Å². The Morgan fingerprint density at radius 3 is 2.95 bits per heavy atom. The second-order valence-corrected chi connectivity index (χ2v) is 5.80. The Labute approximate surface area is 118 Å². The molecule has 0 fully saturated rings. The number of anilines is 1. The van der Waals surface area contributed by atoms with Crippen molar-refractivity contribution < 1.29 is 4.74 Å². The van der Waals surface area contributed by atoms with Crippen LogP contribution in [0.1, 0.15) is 20.8 Å². The number of hydrogen-bond acceptors (Lipinski definition) is 4. The molecule has 0 spiro atoms. The van der Waals surface area contributed by atoms with Gasteiger partial charge in [-0.15, -0.1) is 0 Å². The fourth-order valence-electron chi connectivity index (χ4n) is 1.69. The van der Waals surface area contributed by atoms with E-state index in [-0.39, 0.29) is 0 Å². The summed E-state index contributed by atoms with van der Waals surface area (Å²) in [6.45, 7) is 8.01. The smallest absolute Gasteiger partial charge is 0.183 e. The summed E-state index contributed by atoms with van der Waals surface area (Å²) < 4.78 is 5.52. The Morgan fingerprint density at radius 1 is 1.37 bits per heavy atom. The first kappa shape index (κ1) is 13.9. The molecule has 0 atom stereocenters. The molecular formula is C15H20N2OS. The Morgan fingerprint density at radius 2 is 2.21 bits per heavy atom. The normalized spacial score (nSPS) is 10.7. The molecule has 1 aromatic carbocycles. The van der Waals surface area contributed by atoms with Crippen molar-refractivity contribution in [2.24, 2.45) is 5.92 Å². The highest BCUT2D eigenvalue weighted by Gasteiger charge is 2.05. The van der Waals surface area contributed by atoms with Crippen LogP contribution in [0.5, 0.6) is 5.75 Å². The number of nitrogens with one attached hydrogen (secondary N) is 1. The van der Waals surface area contributed by atoms with Gasteiger partial charge in [0.15, 0.2) is 5.13 Å². The third-order valence-electron chi connectivity index (χ3n) is 2.60. The van der Waals surface area contributed by atoms with E-state index in [1.54, 1.807) is 11.3 Å². The fraction of sp³-hybridized carbons (Fsp3) is 0.400. The van der Waals surface area contributed by atoms with E-state index in [9.17, 15) is 0 Å². The predicted octanol–water partition coefficient (Wildman–Crippen LogP) is 4.28. The minimum atomic E-state index is 0.619. The summed E-state index contributed by atoms with van der Waals surface area (Å²) in [6, 6.07) is 8.14. The second kappa shape index (κ2) is 6.57. The van der Waals surface area contributed by atoms with Crippen LogP contribution in [-0.2, 0) is 0 Å². The lowest BCUT2D eigenvalue weighted by molar-refractivity contribution is 0.340. The minimum absolute atomic E-state index is 0.619. The van der Waals surface area contributed by atoms with Crippen LogP contribution >= 0.6 is 11.3 Å². The van der Waals surface area contributed by atoms with Crippen molar-refractivity contribution in [3.8, 4) is 16.2 Å². The van der Waals surface area contributed by atoms with E-state index >= 15 is 0 Å². The van der Waals surface area contributed by atoms with Crippen LogP contribution in [0.25, 0.3) is 10.4 Å². The molecule has 3 nitrogen and oxygen atoms in total. The second-order valence-electron chi connectivity index (χ2n) is 4.77. The lowest BCUT2D eigenvalue weighted by Crippen LogP contribution is -2.07. The van der Waals surface area contributed by atoms with Crippen molar-refractivity contribution in [2.75, 3.05) is 18.5 Å². The molecule has 2 rings (SSSR count). The Balaban J connectivity index is 2.11. The molecule has 0 saturated heterocycles. The summed E-state index contributed by atoms with van der Waals surface area (Å²) in [5.74, 6) is 1.53. The summed E-state index contributed by atoms with van der Waals surface area (Å²) in [5.41, 5.74) is 1.15. The number of nitrogens with zero attached hydrogens (tertiary/aromatic N) is 1. The fourth-order valence-corrected chi connectivity index (χ4v) is 2.51. The van der Waals surface area contributed by atoms with Gasteiger partial charge in [0.2, 0.25) is 0 Å². The maximum Gasteiger partial charge on any atom is 0.183 e. The van der Waals surface area contributed by atoms with Gasteiger partial charge in [-0.05, 0) is 30.5 Å². The van der Waals surface area contributed by atoms with Gasteiger partial charge in [0, 0.05) is 12.7 Å². The van der Waals surface area contributed by atoms with Crippen LogP contribution in [0.3, 0.4) is 0 Å². The van der Waals surface area contributed by atoms with Crippen LogP contribution in [0.15, 0.2) is 30.5 Å². The molecule has 19 heavy (non-hydrogen) atoms. The van der Waals surface area contributed by atoms with Crippen LogP contribution in [0.2, 0.25) is 0 Å². The van der Waals surface area contributed by atoms with Crippen LogP contribution in [0, 0.1) is 5.92 Å². The van der Waals surface area contributed by atoms with Gasteiger partial charge in [-0.2, -0.15) is 0 Å². The van der Waals surface area contributed by atoms with Gasteiger partial charge in [-0.1, -0.05) is 37.3 Å². The molecule has 1 N–H and O–H groups in total. The van der Waals surface area contributed by atoms with E-state index in [2.05, 4.69) is 36.3 Å². The Bertz CT molecular complexity index is 522. The minimum Gasteiger partial charge on any atom is -0.494 e. The van der Waals surface area contributed by atoms with Gasteiger partial charge in [-0.25, -0.2) is 4.98 Å². The SMILES string of the molecule is CCOc1cccc(-c2cnc(NCC(C)C)s2)c1. The van der Waals surface area contributed by atoms with E-state index in [4.69, 9.17) is 4.74 Å². The molecule has 1 aromatic heterocycles. The third-order valence-corrected chi connectivity index (χ3v) is 3.60. The van der Waals surface area contributed by atoms with Crippen molar-refractivity contribution in [1.82, 2.24) is 4.98 Å². The lowest BCUT2D eigenvalue weighted by atomic mass is 10.2.